The first kappa shape index (κ1) is 10.8. The van der Waals surface area contributed by atoms with Gasteiger partial charge in [0.05, 0.1) is 13.7 Å². The van der Waals surface area contributed by atoms with Gasteiger partial charge in [-0.1, -0.05) is 12.1 Å². The summed E-state index contributed by atoms with van der Waals surface area (Å²) in [5.41, 5.74) is -0.979. The van der Waals surface area contributed by atoms with E-state index in [-0.39, 0.29) is 0 Å². The number of methoxy groups -OCH3 is 1. The van der Waals surface area contributed by atoms with Crippen molar-refractivity contribution in [1.29, 1.82) is 5.26 Å². The molecule has 1 heterocycles. The Balaban J connectivity index is 2.60. The Morgan fingerprint density at radius 1 is 1.56 bits per heavy atom. The first-order valence-electron chi connectivity index (χ1n) is 5.15. The van der Waals surface area contributed by atoms with Gasteiger partial charge >= 0.3 is 0 Å². The van der Waals surface area contributed by atoms with Crippen molar-refractivity contribution in [1.82, 2.24) is 0 Å². The van der Waals surface area contributed by atoms with Crippen LogP contribution < -0.4 is 9.47 Å². The third kappa shape index (κ3) is 1.59. The van der Waals surface area contributed by atoms with E-state index >= 15 is 0 Å². The van der Waals surface area contributed by atoms with Crippen LogP contribution in [0.5, 0.6) is 11.5 Å². The quantitative estimate of drug-likeness (QED) is 0.728. The summed E-state index contributed by atoms with van der Waals surface area (Å²) in [6.07, 6.45) is 1.02. The fraction of sp³-hybridized carbons (Fsp3) is 0.417. The van der Waals surface area contributed by atoms with Crippen LogP contribution in [-0.2, 0) is 5.60 Å². The van der Waals surface area contributed by atoms with Gasteiger partial charge in [-0.05, 0) is 18.9 Å². The van der Waals surface area contributed by atoms with E-state index in [2.05, 4.69) is 0 Å². The number of para-hydroxylation sites is 1. The minimum Gasteiger partial charge on any atom is -0.493 e. The maximum absolute atomic E-state index is 10.2. The van der Waals surface area contributed by atoms with Crippen LogP contribution in [0.3, 0.4) is 0 Å². The van der Waals surface area contributed by atoms with Crippen molar-refractivity contribution >= 4 is 0 Å². The summed E-state index contributed by atoms with van der Waals surface area (Å²) in [6, 6.07) is 7.15. The fourth-order valence-corrected chi connectivity index (χ4v) is 1.90. The van der Waals surface area contributed by atoms with Crippen molar-refractivity contribution in [2.75, 3.05) is 13.7 Å². The largest absolute Gasteiger partial charge is 0.493 e. The van der Waals surface area contributed by atoms with Gasteiger partial charge in [0.1, 0.15) is 6.07 Å². The van der Waals surface area contributed by atoms with Gasteiger partial charge in [0, 0.05) is 5.56 Å². The molecule has 0 saturated carbocycles. The second-order valence-corrected chi connectivity index (χ2v) is 3.76. The van der Waals surface area contributed by atoms with E-state index in [9.17, 15) is 5.11 Å². The Kier molecular flexibility index (Phi) is 2.71. The number of nitrogens with zero attached hydrogens (tertiary/aromatic N) is 1. The summed E-state index contributed by atoms with van der Waals surface area (Å²) >= 11 is 0. The number of aliphatic hydroxyl groups is 1. The van der Waals surface area contributed by atoms with Crippen molar-refractivity contribution in [2.24, 2.45) is 0 Å². The van der Waals surface area contributed by atoms with E-state index in [4.69, 9.17) is 14.7 Å². The second kappa shape index (κ2) is 4.03. The number of benzene rings is 1. The predicted octanol–water partition coefficient (Wildman–Crippen LogP) is 1.58. The van der Waals surface area contributed by atoms with E-state index in [1.807, 2.05) is 6.07 Å². The van der Waals surface area contributed by atoms with Crippen molar-refractivity contribution < 1.29 is 14.6 Å². The van der Waals surface area contributed by atoms with Gasteiger partial charge in [-0.25, -0.2) is 0 Å². The summed E-state index contributed by atoms with van der Waals surface area (Å²) in [5, 5.41) is 19.3. The molecule has 0 radical (unpaired) electrons. The molecule has 0 saturated heterocycles. The highest BCUT2D eigenvalue weighted by atomic mass is 16.5. The molecule has 0 fully saturated rings. The molecule has 0 amide bonds. The second-order valence-electron chi connectivity index (χ2n) is 3.76. The van der Waals surface area contributed by atoms with Crippen molar-refractivity contribution in [3.05, 3.63) is 23.8 Å². The Morgan fingerprint density at radius 3 is 3.06 bits per heavy atom. The van der Waals surface area contributed by atoms with Crippen molar-refractivity contribution in [3.8, 4) is 17.6 Å². The standard InChI is InChI=1S/C12H13NO3/c1-15-10-5-2-4-9-11(10)16-7-3-6-12(9,14)8-13/h2,4-5,14H,3,6-7H2,1H3. The first-order chi connectivity index (χ1) is 7.71. The fourth-order valence-electron chi connectivity index (χ4n) is 1.90. The molecule has 1 aromatic carbocycles. The Labute approximate surface area is 94.0 Å². The zero-order valence-corrected chi connectivity index (χ0v) is 9.06. The molecule has 0 spiro atoms. The van der Waals surface area contributed by atoms with Gasteiger partial charge in [0.25, 0.3) is 0 Å². The number of rotatable bonds is 1. The summed E-state index contributed by atoms with van der Waals surface area (Å²) in [6.45, 7) is 0.483. The van der Waals surface area contributed by atoms with Gasteiger partial charge in [0.2, 0.25) is 0 Å². The average molecular weight is 219 g/mol. The topological polar surface area (TPSA) is 62.5 Å². The SMILES string of the molecule is COc1cccc2c1OCCCC2(O)C#N. The van der Waals surface area contributed by atoms with Crippen LogP contribution in [0.25, 0.3) is 0 Å². The zero-order valence-electron chi connectivity index (χ0n) is 9.06. The molecule has 1 unspecified atom stereocenters. The van der Waals surface area contributed by atoms with E-state index in [1.54, 1.807) is 18.2 Å². The Morgan fingerprint density at radius 2 is 2.38 bits per heavy atom. The smallest absolute Gasteiger partial charge is 0.180 e. The van der Waals surface area contributed by atoms with Crippen LogP contribution in [0.1, 0.15) is 18.4 Å². The summed E-state index contributed by atoms with van der Waals surface area (Å²) in [7, 11) is 1.54. The van der Waals surface area contributed by atoms with Crippen LogP contribution in [0, 0.1) is 11.3 Å². The summed E-state index contributed by atoms with van der Waals surface area (Å²) < 4.78 is 10.7. The number of hydrogen-bond donors (Lipinski definition) is 1. The molecule has 2 rings (SSSR count). The van der Waals surface area contributed by atoms with E-state index in [0.29, 0.717) is 36.5 Å². The maximum Gasteiger partial charge on any atom is 0.180 e. The highest BCUT2D eigenvalue weighted by Crippen LogP contribution is 2.41. The van der Waals surface area contributed by atoms with E-state index < -0.39 is 5.60 Å². The minimum absolute atomic E-state index is 0.379. The van der Waals surface area contributed by atoms with Crippen LogP contribution in [0.4, 0.5) is 0 Å². The molecule has 1 atom stereocenters. The molecule has 1 aromatic rings. The highest BCUT2D eigenvalue weighted by molar-refractivity contribution is 5.51. The van der Waals surface area contributed by atoms with Gasteiger partial charge in [0.15, 0.2) is 17.1 Å². The predicted molar refractivity (Wildman–Crippen MR) is 57.2 cm³/mol. The molecule has 0 bridgehead atoms. The van der Waals surface area contributed by atoms with E-state index in [0.717, 1.165) is 0 Å². The first-order valence-corrected chi connectivity index (χ1v) is 5.15. The molecule has 4 heteroatoms. The Hall–Kier alpha value is -1.73. The van der Waals surface area contributed by atoms with Gasteiger partial charge in [-0.15, -0.1) is 0 Å². The Bertz CT molecular complexity index is 438. The number of hydrogen-bond acceptors (Lipinski definition) is 4. The normalized spacial score (nSPS) is 23.6. The van der Waals surface area contributed by atoms with E-state index in [1.165, 1.54) is 7.11 Å². The third-order valence-corrected chi connectivity index (χ3v) is 2.76. The third-order valence-electron chi connectivity index (χ3n) is 2.76. The molecule has 84 valence electrons. The lowest BCUT2D eigenvalue weighted by Gasteiger charge is -2.20. The molecular weight excluding hydrogens is 206 g/mol. The van der Waals surface area contributed by atoms with Gasteiger partial charge < -0.3 is 14.6 Å². The molecule has 0 aromatic heterocycles. The average Bonchev–Trinajstić information content (AvgIpc) is 2.50. The highest BCUT2D eigenvalue weighted by Gasteiger charge is 2.35. The zero-order chi connectivity index (χ0) is 11.6. The van der Waals surface area contributed by atoms with Gasteiger partial charge in [-0.2, -0.15) is 5.26 Å². The summed E-state index contributed by atoms with van der Waals surface area (Å²) in [4.78, 5) is 0. The number of fused-ring (bicyclic) bond motifs is 1. The molecule has 0 aliphatic carbocycles. The molecular formula is C12H13NO3. The molecule has 1 aliphatic heterocycles. The molecule has 4 nitrogen and oxygen atoms in total. The number of ether oxygens (including phenoxy) is 2. The minimum atomic E-state index is -1.47. The monoisotopic (exact) mass is 219 g/mol. The lowest BCUT2D eigenvalue weighted by Crippen LogP contribution is -2.22. The number of nitriles is 1. The molecule has 1 aliphatic rings. The lowest BCUT2D eigenvalue weighted by atomic mass is 9.90. The van der Waals surface area contributed by atoms with Crippen molar-refractivity contribution in [2.45, 2.75) is 18.4 Å². The maximum atomic E-state index is 10.2. The van der Waals surface area contributed by atoms with Crippen molar-refractivity contribution in [3.63, 3.8) is 0 Å². The summed E-state index contributed by atoms with van der Waals surface area (Å²) in [5.74, 6) is 1.03. The van der Waals surface area contributed by atoms with Crippen LogP contribution in [0.2, 0.25) is 0 Å². The van der Waals surface area contributed by atoms with Crippen LogP contribution >= 0.6 is 0 Å². The molecule has 16 heavy (non-hydrogen) atoms. The lowest BCUT2D eigenvalue weighted by molar-refractivity contribution is 0.0883. The van der Waals surface area contributed by atoms with Crippen LogP contribution in [-0.4, -0.2) is 18.8 Å². The van der Waals surface area contributed by atoms with Gasteiger partial charge in [-0.3, -0.25) is 0 Å². The van der Waals surface area contributed by atoms with Crippen LogP contribution in [0.15, 0.2) is 18.2 Å². The molecule has 1 N–H and O–H groups in total.